The molecule has 1 aromatic rings. The predicted molar refractivity (Wildman–Crippen MR) is 70.0 cm³/mol. The van der Waals surface area contributed by atoms with Gasteiger partial charge in [0.15, 0.2) is 0 Å². The first-order valence-corrected chi connectivity index (χ1v) is 6.21. The first-order chi connectivity index (χ1) is 8.24. The van der Waals surface area contributed by atoms with Crippen molar-refractivity contribution in [1.29, 1.82) is 0 Å². The first-order valence-electron chi connectivity index (χ1n) is 6.21. The van der Waals surface area contributed by atoms with Gasteiger partial charge in [-0.25, -0.2) is 0 Å². The zero-order valence-electron chi connectivity index (χ0n) is 10.8. The van der Waals surface area contributed by atoms with E-state index in [4.69, 9.17) is 15.2 Å². The third kappa shape index (κ3) is 5.82. The fourth-order valence-corrected chi connectivity index (χ4v) is 1.48. The molecule has 0 aromatic heterocycles. The Bertz CT molecular complexity index is 298. The second kappa shape index (κ2) is 8.23. The molecule has 2 N–H and O–H groups in total. The number of benzene rings is 1. The monoisotopic (exact) mass is 237 g/mol. The van der Waals surface area contributed by atoms with Crippen molar-refractivity contribution in [2.24, 2.45) is 5.73 Å². The number of hydrogen-bond donors (Lipinski definition) is 1. The number of ether oxygens (including phenoxy) is 2. The number of hydrogen-bond acceptors (Lipinski definition) is 3. The molecule has 0 heterocycles. The SMILES string of the molecule is CCCOCCOCC(N)c1ccc(C)cc1. The average molecular weight is 237 g/mol. The van der Waals surface area contributed by atoms with E-state index in [0.29, 0.717) is 19.8 Å². The molecular formula is C14H23NO2. The van der Waals surface area contributed by atoms with Crippen LogP contribution in [0.2, 0.25) is 0 Å². The van der Waals surface area contributed by atoms with Crippen LogP contribution in [0.15, 0.2) is 24.3 Å². The third-order valence-electron chi connectivity index (χ3n) is 2.52. The van der Waals surface area contributed by atoms with Crippen molar-refractivity contribution in [3.05, 3.63) is 35.4 Å². The average Bonchev–Trinajstić information content (AvgIpc) is 2.34. The van der Waals surface area contributed by atoms with Gasteiger partial charge >= 0.3 is 0 Å². The first kappa shape index (κ1) is 14.2. The molecule has 3 heteroatoms. The maximum absolute atomic E-state index is 6.02. The summed E-state index contributed by atoms with van der Waals surface area (Å²) < 4.78 is 10.8. The van der Waals surface area contributed by atoms with E-state index in [-0.39, 0.29) is 6.04 Å². The number of aryl methyl sites for hydroxylation is 1. The molecule has 17 heavy (non-hydrogen) atoms. The Kier molecular flexibility index (Phi) is 6.86. The van der Waals surface area contributed by atoms with E-state index in [2.05, 4.69) is 38.1 Å². The molecule has 0 bridgehead atoms. The van der Waals surface area contributed by atoms with E-state index in [0.717, 1.165) is 18.6 Å². The molecule has 96 valence electrons. The summed E-state index contributed by atoms with van der Waals surface area (Å²) in [5.74, 6) is 0. The molecule has 0 spiro atoms. The topological polar surface area (TPSA) is 44.5 Å². The largest absolute Gasteiger partial charge is 0.379 e. The molecule has 0 radical (unpaired) electrons. The van der Waals surface area contributed by atoms with Crippen LogP contribution in [0.1, 0.15) is 30.5 Å². The van der Waals surface area contributed by atoms with Gasteiger partial charge in [-0.05, 0) is 18.9 Å². The summed E-state index contributed by atoms with van der Waals surface area (Å²) in [6, 6.07) is 8.19. The normalized spacial score (nSPS) is 12.6. The maximum Gasteiger partial charge on any atom is 0.0701 e. The van der Waals surface area contributed by atoms with Gasteiger partial charge < -0.3 is 15.2 Å². The molecule has 0 fully saturated rings. The third-order valence-corrected chi connectivity index (χ3v) is 2.52. The van der Waals surface area contributed by atoms with Crippen molar-refractivity contribution < 1.29 is 9.47 Å². The van der Waals surface area contributed by atoms with Crippen LogP contribution in [0.4, 0.5) is 0 Å². The van der Waals surface area contributed by atoms with E-state index in [1.165, 1.54) is 5.56 Å². The van der Waals surface area contributed by atoms with Crippen molar-refractivity contribution in [1.82, 2.24) is 0 Å². The van der Waals surface area contributed by atoms with Gasteiger partial charge in [-0.2, -0.15) is 0 Å². The van der Waals surface area contributed by atoms with Gasteiger partial charge in [0, 0.05) is 6.61 Å². The van der Waals surface area contributed by atoms with Crippen molar-refractivity contribution >= 4 is 0 Å². The summed E-state index contributed by atoms with van der Waals surface area (Å²) in [6.45, 7) is 6.75. The Morgan fingerprint density at radius 2 is 1.71 bits per heavy atom. The van der Waals surface area contributed by atoms with Gasteiger partial charge in [0.1, 0.15) is 0 Å². The number of rotatable bonds is 8. The standard InChI is InChI=1S/C14H23NO2/c1-3-8-16-9-10-17-11-14(15)13-6-4-12(2)5-7-13/h4-7,14H,3,8-11,15H2,1-2H3. The number of nitrogens with two attached hydrogens (primary N) is 1. The Morgan fingerprint density at radius 1 is 1.06 bits per heavy atom. The van der Waals surface area contributed by atoms with E-state index in [9.17, 15) is 0 Å². The Morgan fingerprint density at radius 3 is 2.35 bits per heavy atom. The van der Waals surface area contributed by atoms with Gasteiger partial charge in [-0.1, -0.05) is 36.8 Å². The summed E-state index contributed by atoms with van der Waals surface area (Å²) in [7, 11) is 0. The zero-order chi connectivity index (χ0) is 12.5. The van der Waals surface area contributed by atoms with Crippen molar-refractivity contribution in [3.63, 3.8) is 0 Å². The van der Waals surface area contributed by atoms with Crippen LogP contribution in [-0.4, -0.2) is 26.4 Å². The minimum atomic E-state index is -0.0539. The summed E-state index contributed by atoms with van der Waals surface area (Å²) in [4.78, 5) is 0. The van der Waals surface area contributed by atoms with Crippen molar-refractivity contribution in [2.45, 2.75) is 26.3 Å². The molecule has 0 amide bonds. The lowest BCUT2D eigenvalue weighted by molar-refractivity contribution is 0.0428. The van der Waals surface area contributed by atoms with Gasteiger partial charge in [0.2, 0.25) is 0 Å². The summed E-state index contributed by atoms with van der Waals surface area (Å²) in [5, 5.41) is 0. The second-order valence-electron chi connectivity index (χ2n) is 4.20. The molecule has 1 aromatic carbocycles. The summed E-state index contributed by atoms with van der Waals surface area (Å²) >= 11 is 0. The molecule has 0 saturated carbocycles. The van der Waals surface area contributed by atoms with Crippen molar-refractivity contribution in [2.75, 3.05) is 26.4 Å². The van der Waals surface area contributed by atoms with Gasteiger partial charge in [0.25, 0.3) is 0 Å². The maximum atomic E-state index is 6.02. The second-order valence-corrected chi connectivity index (χ2v) is 4.20. The molecule has 0 aliphatic heterocycles. The van der Waals surface area contributed by atoms with Crippen LogP contribution in [0.3, 0.4) is 0 Å². The highest BCUT2D eigenvalue weighted by atomic mass is 16.5. The quantitative estimate of drug-likeness (QED) is 0.706. The van der Waals surface area contributed by atoms with Crippen LogP contribution in [0.5, 0.6) is 0 Å². The van der Waals surface area contributed by atoms with Gasteiger partial charge in [0.05, 0.1) is 25.9 Å². The fraction of sp³-hybridized carbons (Fsp3) is 0.571. The molecule has 1 rings (SSSR count). The minimum absolute atomic E-state index is 0.0539. The highest BCUT2D eigenvalue weighted by molar-refractivity contribution is 5.23. The van der Waals surface area contributed by atoms with Gasteiger partial charge in [-0.15, -0.1) is 0 Å². The lowest BCUT2D eigenvalue weighted by atomic mass is 10.1. The van der Waals surface area contributed by atoms with Crippen LogP contribution < -0.4 is 5.73 Å². The van der Waals surface area contributed by atoms with Crippen LogP contribution in [0.25, 0.3) is 0 Å². The Hall–Kier alpha value is -0.900. The molecule has 0 aliphatic rings. The lowest BCUT2D eigenvalue weighted by Gasteiger charge is -2.13. The fourth-order valence-electron chi connectivity index (χ4n) is 1.48. The lowest BCUT2D eigenvalue weighted by Crippen LogP contribution is -2.18. The Balaban J connectivity index is 2.16. The van der Waals surface area contributed by atoms with Crippen LogP contribution >= 0.6 is 0 Å². The highest BCUT2D eigenvalue weighted by Crippen LogP contribution is 2.11. The van der Waals surface area contributed by atoms with E-state index in [1.807, 2.05) is 0 Å². The van der Waals surface area contributed by atoms with Gasteiger partial charge in [-0.3, -0.25) is 0 Å². The zero-order valence-corrected chi connectivity index (χ0v) is 10.8. The molecule has 1 atom stereocenters. The highest BCUT2D eigenvalue weighted by Gasteiger charge is 2.05. The predicted octanol–water partition coefficient (Wildman–Crippen LogP) is 2.44. The van der Waals surface area contributed by atoms with E-state index < -0.39 is 0 Å². The summed E-state index contributed by atoms with van der Waals surface area (Å²) in [5.41, 5.74) is 8.38. The van der Waals surface area contributed by atoms with Crippen LogP contribution in [-0.2, 0) is 9.47 Å². The van der Waals surface area contributed by atoms with Crippen molar-refractivity contribution in [3.8, 4) is 0 Å². The molecule has 0 aliphatic carbocycles. The summed E-state index contributed by atoms with van der Waals surface area (Å²) in [6.07, 6.45) is 1.04. The molecular weight excluding hydrogens is 214 g/mol. The van der Waals surface area contributed by atoms with E-state index in [1.54, 1.807) is 0 Å². The van der Waals surface area contributed by atoms with Crippen LogP contribution in [0, 0.1) is 6.92 Å². The molecule has 0 saturated heterocycles. The molecule has 3 nitrogen and oxygen atoms in total. The minimum Gasteiger partial charge on any atom is -0.379 e. The van der Waals surface area contributed by atoms with E-state index >= 15 is 0 Å². The molecule has 1 unspecified atom stereocenters. The Labute approximate surface area is 104 Å². The smallest absolute Gasteiger partial charge is 0.0701 e.